The predicted octanol–water partition coefficient (Wildman–Crippen LogP) is 15.3. The highest BCUT2D eigenvalue weighted by atomic mass is 16.7. The molecule has 0 spiro atoms. The molecule has 7 unspecified atom stereocenters. The van der Waals surface area contributed by atoms with Crippen molar-refractivity contribution >= 4 is 5.91 Å². The highest BCUT2D eigenvalue weighted by Crippen LogP contribution is 2.23. The van der Waals surface area contributed by atoms with Gasteiger partial charge in [0.2, 0.25) is 5.91 Å². The summed E-state index contributed by atoms with van der Waals surface area (Å²) in [6, 6.07) is -0.823. The molecule has 1 amide bonds. The van der Waals surface area contributed by atoms with Gasteiger partial charge in [0, 0.05) is 6.42 Å². The second kappa shape index (κ2) is 51.6. The molecule has 0 radical (unpaired) electrons. The van der Waals surface area contributed by atoms with Gasteiger partial charge in [0.15, 0.2) is 6.29 Å². The predicted molar refractivity (Wildman–Crippen MR) is 299 cm³/mol. The van der Waals surface area contributed by atoms with Gasteiger partial charge in [-0.15, -0.1) is 0 Å². The molecule has 0 aromatic carbocycles. The Morgan fingerprint density at radius 2 is 0.845 bits per heavy atom. The van der Waals surface area contributed by atoms with E-state index in [1.165, 1.54) is 218 Å². The quantitative estimate of drug-likeness (QED) is 0.0261. The van der Waals surface area contributed by atoms with E-state index < -0.39 is 49.5 Å². The van der Waals surface area contributed by atoms with Crippen LogP contribution < -0.4 is 5.32 Å². The summed E-state index contributed by atoms with van der Waals surface area (Å²) in [5.41, 5.74) is 0. The molecular weight excluding hydrogens is 887 g/mol. The molecule has 71 heavy (non-hydrogen) atoms. The summed E-state index contributed by atoms with van der Waals surface area (Å²) >= 11 is 0. The second-order valence-corrected chi connectivity index (χ2v) is 21.1. The minimum absolute atomic E-state index is 0.185. The van der Waals surface area contributed by atoms with Crippen molar-refractivity contribution in [3.05, 3.63) is 48.6 Å². The zero-order chi connectivity index (χ0) is 51.5. The van der Waals surface area contributed by atoms with Gasteiger partial charge >= 0.3 is 0 Å². The molecule has 1 aliphatic heterocycles. The van der Waals surface area contributed by atoms with Crippen molar-refractivity contribution in [2.75, 3.05) is 13.2 Å². The lowest BCUT2D eigenvalue weighted by molar-refractivity contribution is -0.302. The van der Waals surface area contributed by atoms with Gasteiger partial charge in [-0.2, -0.15) is 0 Å². The Hall–Kier alpha value is -1.85. The van der Waals surface area contributed by atoms with Crippen molar-refractivity contribution in [3.63, 3.8) is 0 Å². The smallest absolute Gasteiger partial charge is 0.220 e. The standard InChI is InChI=1S/C62H115NO8/c1-3-5-7-9-11-13-15-17-19-21-23-24-25-26-27-28-29-30-31-32-34-36-38-40-42-44-46-48-50-52-58(66)63-55(54-70-62-61(69)60(68)59(67)57(53-64)71-62)56(65)51-49-47-45-43-41-39-37-35-33-22-20-18-16-14-12-10-8-6-4-2/h23-24,26-27,41,43,49,51,55-57,59-62,64-65,67-69H,3-22,25,28-40,42,44-48,50,52-54H2,1-2H3,(H,63,66)/b24-23-,27-26-,43-41+,51-49+. The van der Waals surface area contributed by atoms with E-state index in [-0.39, 0.29) is 12.5 Å². The average Bonchev–Trinajstić information content (AvgIpc) is 3.37. The van der Waals surface area contributed by atoms with Crippen LogP contribution in [0.5, 0.6) is 0 Å². The van der Waals surface area contributed by atoms with Crippen molar-refractivity contribution in [2.24, 2.45) is 0 Å². The van der Waals surface area contributed by atoms with Crippen LogP contribution in [0.4, 0.5) is 0 Å². The van der Waals surface area contributed by atoms with Crippen molar-refractivity contribution in [1.82, 2.24) is 5.32 Å². The van der Waals surface area contributed by atoms with E-state index in [0.29, 0.717) is 6.42 Å². The summed E-state index contributed by atoms with van der Waals surface area (Å²) in [6.45, 7) is 3.79. The summed E-state index contributed by atoms with van der Waals surface area (Å²) in [4.78, 5) is 13.1. The maximum absolute atomic E-state index is 13.1. The van der Waals surface area contributed by atoms with Gasteiger partial charge in [-0.3, -0.25) is 4.79 Å². The van der Waals surface area contributed by atoms with Gasteiger partial charge in [0.05, 0.1) is 25.4 Å². The number of aliphatic hydroxyl groups is 5. The summed E-state index contributed by atoms with van der Waals surface area (Å²) in [7, 11) is 0. The lowest BCUT2D eigenvalue weighted by atomic mass is 9.99. The van der Waals surface area contributed by atoms with Crippen molar-refractivity contribution in [1.29, 1.82) is 0 Å². The maximum atomic E-state index is 13.1. The Morgan fingerprint density at radius 3 is 1.27 bits per heavy atom. The lowest BCUT2D eigenvalue weighted by Crippen LogP contribution is -2.60. The molecule has 0 bridgehead atoms. The Labute approximate surface area is 437 Å². The molecular formula is C62H115NO8. The Balaban J connectivity index is 2.20. The number of nitrogens with one attached hydrogen (secondary N) is 1. The fourth-order valence-corrected chi connectivity index (χ4v) is 9.56. The molecule has 416 valence electrons. The third-order valence-corrected chi connectivity index (χ3v) is 14.4. The van der Waals surface area contributed by atoms with Crippen LogP contribution in [0.1, 0.15) is 284 Å². The van der Waals surface area contributed by atoms with Crippen LogP contribution in [0.3, 0.4) is 0 Å². The highest BCUT2D eigenvalue weighted by Gasteiger charge is 2.44. The molecule has 9 nitrogen and oxygen atoms in total. The number of rotatable bonds is 52. The van der Waals surface area contributed by atoms with E-state index in [1.54, 1.807) is 6.08 Å². The van der Waals surface area contributed by atoms with E-state index in [2.05, 4.69) is 55.6 Å². The molecule has 1 saturated heterocycles. The monoisotopic (exact) mass is 1000 g/mol. The molecule has 0 saturated carbocycles. The minimum Gasteiger partial charge on any atom is -0.394 e. The van der Waals surface area contributed by atoms with Gasteiger partial charge in [0.25, 0.3) is 0 Å². The van der Waals surface area contributed by atoms with E-state index in [9.17, 15) is 30.3 Å². The Bertz CT molecular complexity index is 1250. The summed E-state index contributed by atoms with van der Waals surface area (Å²) < 4.78 is 11.3. The van der Waals surface area contributed by atoms with Gasteiger partial charge in [0.1, 0.15) is 24.4 Å². The number of ether oxygens (including phenoxy) is 2. The third-order valence-electron chi connectivity index (χ3n) is 14.4. The first kappa shape index (κ1) is 67.2. The van der Waals surface area contributed by atoms with Crippen LogP contribution in [0.15, 0.2) is 48.6 Å². The van der Waals surface area contributed by atoms with E-state index in [1.807, 2.05) is 6.08 Å². The molecule has 6 N–H and O–H groups in total. The first-order valence-electron chi connectivity index (χ1n) is 30.4. The zero-order valence-corrected chi connectivity index (χ0v) is 46.2. The van der Waals surface area contributed by atoms with Gasteiger partial charge in [-0.1, -0.05) is 262 Å². The van der Waals surface area contributed by atoms with Crippen molar-refractivity contribution in [3.8, 4) is 0 Å². The maximum Gasteiger partial charge on any atom is 0.220 e. The number of hydrogen-bond donors (Lipinski definition) is 6. The molecule has 1 rings (SSSR count). The number of aliphatic hydroxyl groups excluding tert-OH is 5. The molecule has 1 aliphatic rings. The van der Waals surface area contributed by atoms with Crippen LogP contribution in [-0.4, -0.2) is 87.5 Å². The number of unbranched alkanes of at least 4 members (excludes halogenated alkanes) is 36. The van der Waals surface area contributed by atoms with E-state index >= 15 is 0 Å². The zero-order valence-electron chi connectivity index (χ0n) is 46.2. The van der Waals surface area contributed by atoms with Crippen LogP contribution in [0.2, 0.25) is 0 Å². The number of carbonyl (C=O) groups is 1. The normalized spacial score (nSPS) is 19.6. The van der Waals surface area contributed by atoms with E-state index in [0.717, 1.165) is 44.9 Å². The van der Waals surface area contributed by atoms with Crippen LogP contribution >= 0.6 is 0 Å². The second-order valence-electron chi connectivity index (χ2n) is 21.1. The number of allylic oxidation sites excluding steroid dienone is 7. The molecule has 9 heteroatoms. The number of amides is 1. The Morgan fingerprint density at radius 1 is 0.479 bits per heavy atom. The Kier molecular flexibility index (Phi) is 48.8. The number of carbonyl (C=O) groups excluding carboxylic acids is 1. The molecule has 1 heterocycles. The largest absolute Gasteiger partial charge is 0.394 e. The van der Waals surface area contributed by atoms with Gasteiger partial charge in [-0.25, -0.2) is 0 Å². The van der Waals surface area contributed by atoms with Crippen LogP contribution in [-0.2, 0) is 14.3 Å². The third kappa shape index (κ3) is 41.1. The fraction of sp³-hybridized carbons (Fsp3) is 0.855. The average molecular weight is 1000 g/mol. The van der Waals surface area contributed by atoms with Crippen molar-refractivity contribution < 1.29 is 39.8 Å². The molecule has 1 fully saturated rings. The molecule has 0 aromatic heterocycles. The first-order chi connectivity index (χ1) is 34.8. The fourth-order valence-electron chi connectivity index (χ4n) is 9.56. The van der Waals surface area contributed by atoms with Gasteiger partial charge < -0.3 is 40.3 Å². The van der Waals surface area contributed by atoms with Crippen LogP contribution in [0, 0.1) is 0 Å². The highest BCUT2D eigenvalue weighted by molar-refractivity contribution is 5.76. The lowest BCUT2D eigenvalue weighted by Gasteiger charge is -2.40. The van der Waals surface area contributed by atoms with Crippen molar-refractivity contribution in [2.45, 2.75) is 326 Å². The van der Waals surface area contributed by atoms with Crippen LogP contribution in [0.25, 0.3) is 0 Å². The van der Waals surface area contributed by atoms with E-state index in [4.69, 9.17) is 9.47 Å². The first-order valence-corrected chi connectivity index (χ1v) is 30.4. The summed E-state index contributed by atoms with van der Waals surface area (Å²) in [5, 5.41) is 54.5. The molecule has 0 aromatic rings. The summed E-state index contributed by atoms with van der Waals surface area (Å²) in [6.07, 6.45) is 61.9. The molecule has 0 aliphatic carbocycles. The molecule has 7 atom stereocenters. The van der Waals surface area contributed by atoms with Gasteiger partial charge in [-0.05, 0) is 64.2 Å². The topological polar surface area (TPSA) is 149 Å². The summed E-state index contributed by atoms with van der Waals surface area (Å²) in [5.74, 6) is -0.185. The minimum atomic E-state index is -1.57. The number of hydrogen-bond acceptors (Lipinski definition) is 8. The SMILES string of the molecule is CCCCCCCCCCC/C=C\C/C=C\CCCCCCCCCCCCCCCC(=O)NC(COC1OC(CO)C(O)C(O)C1O)C(O)/C=C/CC/C=C/CCCCCCCCCCCCCCC.